The molecule has 4 fully saturated rings. The Morgan fingerprint density at radius 2 is 1.37 bits per heavy atom. The standard InChI is InChI=1S/C30H50/c1-20(2)21-11-13-24-27(21,5)16-18-30(8)25-14-12-22-23(10-9-15-26(22,3)4)28(25,6)17-19-29(24,30)7/h12,20-21,23-25H,9-11,13-19H2,1-8H3/t21-,23-,24-,25+,27-,28+,29+,30-/m1/s1. The Kier molecular flexibility index (Phi) is 4.61. The van der Waals surface area contributed by atoms with Gasteiger partial charge in [0.25, 0.3) is 0 Å². The highest BCUT2D eigenvalue weighted by Gasteiger charge is 2.69. The van der Waals surface area contributed by atoms with Crippen LogP contribution in [0.25, 0.3) is 0 Å². The van der Waals surface area contributed by atoms with E-state index in [9.17, 15) is 0 Å². The molecule has 0 radical (unpaired) electrons. The normalized spacial score (nSPS) is 54.6. The van der Waals surface area contributed by atoms with E-state index in [1.54, 1.807) is 0 Å². The first kappa shape index (κ1) is 21.6. The molecule has 0 aliphatic heterocycles. The Labute approximate surface area is 188 Å². The van der Waals surface area contributed by atoms with Gasteiger partial charge in [0.15, 0.2) is 0 Å². The summed E-state index contributed by atoms with van der Waals surface area (Å²) in [7, 11) is 0. The Morgan fingerprint density at radius 3 is 2.03 bits per heavy atom. The molecule has 5 aliphatic rings. The summed E-state index contributed by atoms with van der Waals surface area (Å²) in [6.07, 6.45) is 17.4. The molecule has 0 heterocycles. The molecule has 0 unspecified atom stereocenters. The van der Waals surface area contributed by atoms with Crippen LogP contribution in [0.15, 0.2) is 11.6 Å². The average molecular weight is 411 g/mol. The van der Waals surface area contributed by atoms with E-state index in [4.69, 9.17) is 0 Å². The molecule has 0 bridgehead atoms. The zero-order valence-electron chi connectivity index (χ0n) is 21.5. The highest BCUT2D eigenvalue weighted by atomic mass is 14.7. The third kappa shape index (κ3) is 2.46. The van der Waals surface area contributed by atoms with Gasteiger partial charge in [-0.15, -0.1) is 0 Å². The maximum absolute atomic E-state index is 2.78. The molecule has 5 aliphatic carbocycles. The number of hydrogen-bond acceptors (Lipinski definition) is 0. The van der Waals surface area contributed by atoms with Crippen LogP contribution in [-0.4, -0.2) is 0 Å². The highest BCUT2D eigenvalue weighted by molar-refractivity contribution is 5.29. The monoisotopic (exact) mass is 410 g/mol. The smallest absolute Gasteiger partial charge is 0.0141 e. The van der Waals surface area contributed by atoms with Gasteiger partial charge in [0.1, 0.15) is 0 Å². The molecule has 8 atom stereocenters. The van der Waals surface area contributed by atoms with Crippen molar-refractivity contribution in [3.8, 4) is 0 Å². The van der Waals surface area contributed by atoms with Crippen molar-refractivity contribution in [1.29, 1.82) is 0 Å². The maximum Gasteiger partial charge on any atom is -0.0141 e. The lowest BCUT2D eigenvalue weighted by molar-refractivity contribution is -0.212. The third-order valence-electron chi connectivity index (χ3n) is 13.0. The summed E-state index contributed by atoms with van der Waals surface area (Å²) in [4.78, 5) is 0. The fourth-order valence-corrected chi connectivity index (χ4v) is 11.3. The van der Waals surface area contributed by atoms with E-state index >= 15 is 0 Å². The lowest BCUT2D eigenvalue weighted by atomic mass is 9.33. The molecule has 0 heteroatoms. The Morgan fingerprint density at radius 1 is 0.733 bits per heavy atom. The first-order valence-corrected chi connectivity index (χ1v) is 13.6. The van der Waals surface area contributed by atoms with E-state index in [1.165, 1.54) is 64.2 Å². The van der Waals surface area contributed by atoms with Crippen LogP contribution in [0.1, 0.15) is 120 Å². The first-order valence-electron chi connectivity index (χ1n) is 13.6. The molecule has 0 aromatic heterocycles. The van der Waals surface area contributed by atoms with Crippen LogP contribution in [0.2, 0.25) is 0 Å². The summed E-state index contributed by atoms with van der Waals surface area (Å²) in [6.45, 7) is 21.1. The molecule has 30 heavy (non-hydrogen) atoms. The second-order valence-corrected chi connectivity index (χ2v) is 14.6. The topological polar surface area (TPSA) is 0 Å². The van der Waals surface area contributed by atoms with Gasteiger partial charge in [-0.2, -0.15) is 0 Å². The number of rotatable bonds is 1. The first-order chi connectivity index (χ1) is 13.9. The van der Waals surface area contributed by atoms with E-state index < -0.39 is 0 Å². The van der Waals surface area contributed by atoms with Gasteiger partial charge in [-0.05, 0) is 114 Å². The number of allylic oxidation sites excluding steroid dienone is 2. The molecule has 0 N–H and O–H groups in total. The van der Waals surface area contributed by atoms with Gasteiger partial charge in [0.05, 0.1) is 0 Å². The van der Waals surface area contributed by atoms with Crippen LogP contribution in [0.3, 0.4) is 0 Å². The van der Waals surface area contributed by atoms with Crippen molar-refractivity contribution in [2.75, 3.05) is 0 Å². The van der Waals surface area contributed by atoms with Crippen molar-refractivity contribution in [3.63, 3.8) is 0 Å². The van der Waals surface area contributed by atoms with Gasteiger partial charge in [-0.3, -0.25) is 0 Å². The molecule has 5 rings (SSSR count). The number of fused-ring (bicyclic) bond motifs is 7. The summed E-state index contributed by atoms with van der Waals surface area (Å²) in [5, 5.41) is 0. The minimum absolute atomic E-state index is 0.444. The third-order valence-corrected chi connectivity index (χ3v) is 13.0. The molecule has 0 amide bonds. The quantitative estimate of drug-likeness (QED) is 0.378. The van der Waals surface area contributed by atoms with E-state index in [-0.39, 0.29) is 0 Å². The molecule has 4 saturated carbocycles. The van der Waals surface area contributed by atoms with Crippen LogP contribution in [0.5, 0.6) is 0 Å². The molecule has 0 spiro atoms. The van der Waals surface area contributed by atoms with Crippen LogP contribution in [-0.2, 0) is 0 Å². The predicted octanol–water partition coefficient (Wildman–Crippen LogP) is 9.05. The average Bonchev–Trinajstić information content (AvgIpc) is 3.02. The molecule has 0 aromatic carbocycles. The van der Waals surface area contributed by atoms with Gasteiger partial charge < -0.3 is 0 Å². The second kappa shape index (κ2) is 6.41. The molecule has 170 valence electrons. The van der Waals surface area contributed by atoms with Gasteiger partial charge >= 0.3 is 0 Å². The summed E-state index contributed by atoms with van der Waals surface area (Å²) >= 11 is 0. The van der Waals surface area contributed by atoms with Gasteiger partial charge in [0.2, 0.25) is 0 Å². The zero-order chi connectivity index (χ0) is 21.7. The van der Waals surface area contributed by atoms with Gasteiger partial charge in [-0.25, -0.2) is 0 Å². The molecular formula is C30H50. The van der Waals surface area contributed by atoms with E-state index in [0.717, 1.165) is 29.6 Å². The lowest BCUT2D eigenvalue weighted by Gasteiger charge is -2.71. The second-order valence-electron chi connectivity index (χ2n) is 14.6. The Bertz CT molecular complexity index is 741. The Balaban J connectivity index is 1.55. The van der Waals surface area contributed by atoms with Crippen molar-refractivity contribution in [2.24, 2.45) is 56.7 Å². The summed E-state index contributed by atoms with van der Waals surface area (Å²) in [5.74, 6) is 4.52. The summed E-state index contributed by atoms with van der Waals surface area (Å²) in [5.41, 5.74) is 4.52. The largest absolute Gasteiger partial charge is 0.0842 e. The summed E-state index contributed by atoms with van der Waals surface area (Å²) < 4.78 is 0. The van der Waals surface area contributed by atoms with Crippen molar-refractivity contribution < 1.29 is 0 Å². The number of hydrogen-bond donors (Lipinski definition) is 0. The minimum atomic E-state index is 0.444. The predicted molar refractivity (Wildman–Crippen MR) is 129 cm³/mol. The fourth-order valence-electron chi connectivity index (χ4n) is 11.3. The van der Waals surface area contributed by atoms with Crippen molar-refractivity contribution in [2.45, 2.75) is 120 Å². The van der Waals surface area contributed by atoms with E-state index in [2.05, 4.69) is 61.5 Å². The fraction of sp³-hybridized carbons (Fsp3) is 0.933. The van der Waals surface area contributed by atoms with Crippen LogP contribution < -0.4 is 0 Å². The van der Waals surface area contributed by atoms with E-state index in [0.29, 0.717) is 27.1 Å². The minimum Gasteiger partial charge on any atom is -0.0842 e. The van der Waals surface area contributed by atoms with Crippen LogP contribution in [0.4, 0.5) is 0 Å². The Hall–Kier alpha value is -0.260. The van der Waals surface area contributed by atoms with Crippen molar-refractivity contribution >= 4 is 0 Å². The molecule has 0 saturated heterocycles. The van der Waals surface area contributed by atoms with Crippen molar-refractivity contribution in [3.05, 3.63) is 11.6 Å². The van der Waals surface area contributed by atoms with Crippen LogP contribution in [0, 0.1) is 56.7 Å². The zero-order valence-corrected chi connectivity index (χ0v) is 21.5. The van der Waals surface area contributed by atoms with Gasteiger partial charge in [-0.1, -0.05) is 73.5 Å². The maximum atomic E-state index is 2.78. The highest BCUT2D eigenvalue weighted by Crippen LogP contribution is 2.77. The molecule has 0 nitrogen and oxygen atoms in total. The SMILES string of the molecule is CC(C)[C@H]1CC[C@@H]2[C@]1(C)CC[C@]1(C)[C@H]3CC=C4[C@@H](CCCC4(C)C)[C@]3(C)CC[C@@]21C. The van der Waals surface area contributed by atoms with Gasteiger partial charge in [0, 0.05) is 0 Å². The lowest BCUT2D eigenvalue weighted by Crippen LogP contribution is -2.64. The summed E-state index contributed by atoms with van der Waals surface area (Å²) in [6, 6.07) is 0. The molecule has 0 aromatic rings. The van der Waals surface area contributed by atoms with E-state index in [1.807, 2.05) is 5.57 Å². The van der Waals surface area contributed by atoms with Crippen LogP contribution >= 0.6 is 0 Å². The molecular weight excluding hydrogens is 360 g/mol. The van der Waals surface area contributed by atoms with Crippen molar-refractivity contribution in [1.82, 2.24) is 0 Å².